The summed E-state index contributed by atoms with van der Waals surface area (Å²) in [6.07, 6.45) is 2.65. The molecule has 1 aromatic rings. The molecule has 120 valence electrons. The summed E-state index contributed by atoms with van der Waals surface area (Å²) in [5.74, 6) is 0. The first-order valence-corrected chi connectivity index (χ1v) is 9.16. The van der Waals surface area contributed by atoms with Gasteiger partial charge < -0.3 is 5.32 Å². The van der Waals surface area contributed by atoms with Crippen molar-refractivity contribution in [3.63, 3.8) is 0 Å². The Balaban J connectivity index is 2.97. The van der Waals surface area contributed by atoms with Crippen molar-refractivity contribution in [2.24, 2.45) is 0 Å². The first-order chi connectivity index (χ1) is 9.81. The number of hydrogen-bond acceptors (Lipinski definition) is 6. The number of sulfonamides is 1. The summed E-state index contributed by atoms with van der Waals surface area (Å²) in [6, 6.07) is 0.913. The average Bonchev–Trinajstić information content (AvgIpc) is 2.81. The van der Waals surface area contributed by atoms with E-state index in [2.05, 4.69) is 10.0 Å². The van der Waals surface area contributed by atoms with Crippen molar-refractivity contribution in [2.45, 2.75) is 50.3 Å². The Morgan fingerprint density at radius 1 is 1.43 bits per heavy atom. The first-order valence-electron chi connectivity index (χ1n) is 6.86. The Kier molecular flexibility index (Phi) is 6.56. The molecule has 0 aromatic carbocycles. The van der Waals surface area contributed by atoms with Crippen LogP contribution in [0.25, 0.3) is 0 Å². The largest absolute Gasteiger partial charge is 0.372 e. The number of nitrogens with zero attached hydrogens (tertiary/aromatic N) is 1. The van der Waals surface area contributed by atoms with Crippen LogP contribution >= 0.6 is 11.3 Å². The summed E-state index contributed by atoms with van der Waals surface area (Å²) in [4.78, 5) is 10.4. The molecule has 0 fully saturated rings. The SMILES string of the molecule is CCCCC(C)NS(=O)(=O)c1cc([N+](=O)[O-])c(NCC)s1. The fraction of sp³-hybridized carbons (Fsp3) is 0.667. The first kappa shape index (κ1) is 17.9. The van der Waals surface area contributed by atoms with Gasteiger partial charge in [0.1, 0.15) is 4.21 Å². The maximum absolute atomic E-state index is 12.2. The lowest BCUT2D eigenvalue weighted by molar-refractivity contribution is -0.383. The van der Waals surface area contributed by atoms with Crippen molar-refractivity contribution in [1.29, 1.82) is 0 Å². The Bertz CT molecular complexity index is 583. The topological polar surface area (TPSA) is 101 Å². The van der Waals surface area contributed by atoms with Crippen LogP contribution in [0.15, 0.2) is 10.3 Å². The van der Waals surface area contributed by atoms with Crippen LogP contribution in [0.5, 0.6) is 0 Å². The quantitative estimate of drug-likeness (QED) is 0.533. The van der Waals surface area contributed by atoms with E-state index in [1.807, 2.05) is 6.92 Å². The molecule has 1 unspecified atom stereocenters. The summed E-state index contributed by atoms with van der Waals surface area (Å²) in [5, 5.41) is 14.0. The Morgan fingerprint density at radius 3 is 2.62 bits per heavy atom. The Hall–Kier alpha value is -1.19. The van der Waals surface area contributed by atoms with E-state index >= 15 is 0 Å². The van der Waals surface area contributed by atoms with Gasteiger partial charge in [0.2, 0.25) is 0 Å². The van der Waals surface area contributed by atoms with Crippen LogP contribution in [0.3, 0.4) is 0 Å². The fourth-order valence-corrected chi connectivity index (χ4v) is 4.50. The van der Waals surface area contributed by atoms with Crippen molar-refractivity contribution < 1.29 is 13.3 Å². The van der Waals surface area contributed by atoms with Crippen molar-refractivity contribution in [2.75, 3.05) is 11.9 Å². The normalized spacial score (nSPS) is 13.1. The zero-order valence-corrected chi connectivity index (χ0v) is 14.0. The Morgan fingerprint density at radius 2 is 2.10 bits per heavy atom. The van der Waals surface area contributed by atoms with Crippen LogP contribution < -0.4 is 10.0 Å². The minimum Gasteiger partial charge on any atom is -0.372 e. The lowest BCUT2D eigenvalue weighted by Gasteiger charge is -2.12. The van der Waals surface area contributed by atoms with E-state index in [9.17, 15) is 18.5 Å². The minimum absolute atomic E-state index is 0.0338. The predicted molar refractivity (Wildman–Crippen MR) is 84.4 cm³/mol. The summed E-state index contributed by atoms with van der Waals surface area (Å²) in [7, 11) is -3.72. The van der Waals surface area contributed by atoms with Crippen LogP contribution in [0, 0.1) is 10.1 Å². The second kappa shape index (κ2) is 7.71. The number of hydrogen-bond donors (Lipinski definition) is 2. The van der Waals surface area contributed by atoms with E-state index in [0.717, 1.165) is 36.7 Å². The molecule has 0 aliphatic heterocycles. The van der Waals surface area contributed by atoms with Crippen molar-refractivity contribution in [3.05, 3.63) is 16.2 Å². The number of nitrogens with one attached hydrogen (secondary N) is 2. The maximum atomic E-state index is 12.2. The molecule has 0 spiro atoms. The molecular weight excluding hydrogens is 314 g/mol. The number of unbranched alkanes of at least 4 members (excludes halogenated alkanes) is 1. The van der Waals surface area contributed by atoms with Gasteiger partial charge in [0.05, 0.1) is 4.92 Å². The van der Waals surface area contributed by atoms with E-state index < -0.39 is 14.9 Å². The van der Waals surface area contributed by atoms with Gasteiger partial charge in [-0.25, -0.2) is 13.1 Å². The lowest BCUT2D eigenvalue weighted by atomic mass is 10.2. The molecule has 9 heteroatoms. The molecule has 0 saturated carbocycles. The third kappa shape index (κ3) is 4.94. The molecule has 1 atom stereocenters. The number of nitro groups is 1. The molecule has 0 saturated heterocycles. The smallest absolute Gasteiger partial charge is 0.304 e. The summed E-state index contributed by atoms with van der Waals surface area (Å²) < 4.78 is 27.0. The van der Waals surface area contributed by atoms with E-state index in [-0.39, 0.29) is 20.9 Å². The van der Waals surface area contributed by atoms with Gasteiger partial charge in [0, 0.05) is 18.7 Å². The highest BCUT2D eigenvalue weighted by atomic mass is 32.2. The highest BCUT2D eigenvalue weighted by Gasteiger charge is 2.26. The molecule has 1 rings (SSSR count). The maximum Gasteiger partial charge on any atom is 0.304 e. The molecule has 0 aliphatic rings. The van der Waals surface area contributed by atoms with Crippen molar-refractivity contribution in [3.8, 4) is 0 Å². The second-order valence-electron chi connectivity index (χ2n) is 4.73. The van der Waals surface area contributed by atoms with Gasteiger partial charge in [0.15, 0.2) is 5.00 Å². The molecule has 1 aromatic heterocycles. The molecule has 0 bridgehead atoms. The molecule has 0 radical (unpaired) electrons. The lowest BCUT2D eigenvalue weighted by Crippen LogP contribution is -2.32. The highest BCUT2D eigenvalue weighted by molar-refractivity contribution is 7.91. The zero-order chi connectivity index (χ0) is 16.0. The summed E-state index contributed by atoms with van der Waals surface area (Å²) >= 11 is 0.882. The standard InChI is InChI=1S/C12H21N3O4S2/c1-4-6-7-9(3)14-21(18,19)11-8-10(15(16)17)12(20-11)13-5-2/h8-9,13-14H,4-7H2,1-3H3. The fourth-order valence-electron chi connectivity index (χ4n) is 1.81. The van der Waals surface area contributed by atoms with E-state index in [1.165, 1.54) is 0 Å². The van der Waals surface area contributed by atoms with Gasteiger partial charge >= 0.3 is 5.69 Å². The van der Waals surface area contributed by atoms with Crippen LogP contribution in [0.2, 0.25) is 0 Å². The van der Waals surface area contributed by atoms with Crippen molar-refractivity contribution in [1.82, 2.24) is 4.72 Å². The minimum atomic E-state index is -3.72. The van der Waals surface area contributed by atoms with E-state index in [0.29, 0.717) is 6.54 Å². The Labute approximate surface area is 129 Å². The van der Waals surface area contributed by atoms with Gasteiger partial charge in [-0.1, -0.05) is 31.1 Å². The van der Waals surface area contributed by atoms with E-state index in [4.69, 9.17) is 0 Å². The van der Waals surface area contributed by atoms with Gasteiger partial charge in [-0.3, -0.25) is 10.1 Å². The molecule has 0 amide bonds. The molecular formula is C12H21N3O4S2. The molecule has 1 heterocycles. The van der Waals surface area contributed by atoms with Crippen LogP contribution in [0.1, 0.15) is 40.0 Å². The van der Waals surface area contributed by atoms with Crippen molar-refractivity contribution >= 4 is 32.0 Å². The zero-order valence-electron chi connectivity index (χ0n) is 12.4. The van der Waals surface area contributed by atoms with Crippen LogP contribution in [-0.4, -0.2) is 25.9 Å². The second-order valence-corrected chi connectivity index (χ2v) is 7.72. The third-order valence-corrected chi connectivity index (χ3v) is 5.98. The summed E-state index contributed by atoms with van der Waals surface area (Å²) in [6.45, 7) is 6.11. The van der Waals surface area contributed by atoms with Crippen LogP contribution in [0.4, 0.5) is 10.7 Å². The number of anilines is 1. The average molecular weight is 335 g/mol. The molecule has 0 aliphatic carbocycles. The molecule has 21 heavy (non-hydrogen) atoms. The van der Waals surface area contributed by atoms with Crippen LogP contribution in [-0.2, 0) is 10.0 Å². The third-order valence-electron chi connectivity index (χ3n) is 2.84. The molecule has 7 nitrogen and oxygen atoms in total. The number of rotatable bonds is 9. The van der Waals surface area contributed by atoms with Gasteiger partial charge in [-0.05, 0) is 20.3 Å². The van der Waals surface area contributed by atoms with Gasteiger partial charge in [-0.2, -0.15) is 0 Å². The van der Waals surface area contributed by atoms with E-state index in [1.54, 1.807) is 13.8 Å². The monoisotopic (exact) mass is 335 g/mol. The highest BCUT2D eigenvalue weighted by Crippen LogP contribution is 2.36. The molecule has 2 N–H and O–H groups in total. The summed E-state index contributed by atoms with van der Waals surface area (Å²) in [5.41, 5.74) is -0.205. The number of thiophene rings is 1. The van der Waals surface area contributed by atoms with Gasteiger partial charge in [-0.15, -0.1) is 0 Å². The predicted octanol–water partition coefficient (Wildman–Crippen LogP) is 2.95. The van der Waals surface area contributed by atoms with Gasteiger partial charge in [0.25, 0.3) is 10.0 Å².